The van der Waals surface area contributed by atoms with E-state index < -0.39 is 24.0 Å². The molecule has 6 nitrogen and oxygen atoms in total. The zero-order valence-electron chi connectivity index (χ0n) is 10.9. The first kappa shape index (κ1) is 14.5. The first-order valence-electron chi connectivity index (χ1n) is 5.87. The van der Waals surface area contributed by atoms with Gasteiger partial charge in [-0.25, -0.2) is 14.0 Å². The van der Waals surface area contributed by atoms with Crippen LogP contribution in [0.2, 0.25) is 0 Å². The van der Waals surface area contributed by atoms with Gasteiger partial charge in [0, 0.05) is 6.54 Å². The van der Waals surface area contributed by atoms with Gasteiger partial charge < -0.3 is 14.5 Å². The fourth-order valence-corrected chi connectivity index (χ4v) is 1.54. The number of amides is 2. The lowest BCUT2D eigenvalue weighted by Crippen LogP contribution is -2.44. The van der Waals surface area contributed by atoms with Crippen LogP contribution in [0.4, 0.5) is 14.0 Å². The van der Waals surface area contributed by atoms with E-state index in [1.165, 1.54) is 4.90 Å². The van der Waals surface area contributed by atoms with E-state index in [4.69, 9.17) is 4.74 Å². The number of ether oxygens (including phenoxy) is 1. The van der Waals surface area contributed by atoms with Crippen LogP contribution in [-0.4, -0.2) is 41.9 Å². The van der Waals surface area contributed by atoms with Gasteiger partial charge in [0.2, 0.25) is 0 Å². The number of hydrogen-bond donors (Lipinski definition) is 1. The largest absolute Gasteiger partial charge is 0.442 e. The highest BCUT2D eigenvalue weighted by molar-refractivity contribution is 5.72. The molecule has 1 unspecified atom stereocenters. The third kappa shape index (κ3) is 5.20. The molecule has 0 radical (unpaired) electrons. The van der Waals surface area contributed by atoms with Crippen LogP contribution in [-0.2, 0) is 9.57 Å². The van der Waals surface area contributed by atoms with Crippen LogP contribution in [0.5, 0.6) is 0 Å². The van der Waals surface area contributed by atoms with E-state index in [9.17, 15) is 14.0 Å². The topological polar surface area (TPSA) is 67.9 Å². The maximum atomic E-state index is 13.1. The first-order valence-corrected chi connectivity index (χ1v) is 5.87. The van der Waals surface area contributed by atoms with Gasteiger partial charge in [-0.1, -0.05) is 0 Å². The quantitative estimate of drug-likeness (QED) is 0.678. The average molecular weight is 262 g/mol. The summed E-state index contributed by atoms with van der Waals surface area (Å²) in [6.07, 6.45) is -1.63. The Labute approximate surface area is 105 Å². The molecular formula is C11H19FN2O4. The van der Waals surface area contributed by atoms with E-state index in [-0.39, 0.29) is 6.54 Å². The zero-order chi connectivity index (χ0) is 13.8. The van der Waals surface area contributed by atoms with Crippen molar-refractivity contribution in [2.75, 3.05) is 13.1 Å². The summed E-state index contributed by atoms with van der Waals surface area (Å²) in [7, 11) is 0. The summed E-state index contributed by atoms with van der Waals surface area (Å²) in [5.41, 5.74) is 1.20. The minimum absolute atomic E-state index is 0.00513. The third-order valence-corrected chi connectivity index (χ3v) is 2.24. The summed E-state index contributed by atoms with van der Waals surface area (Å²) >= 11 is 0. The summed E-state index contributed by atoms with van der Waals surface area (Å²) in [5.74, 6) is 0. The lowest BCUT2D eigenvalue weighted by Gasteiger charge is -2.27. The van der Waals surface area contributed by atoms with E-state index in [1.54, 1.807) is 20.8 Å². The number of alkyl halides is 1. The molecule has 1 aliphatic rings. The Morgan fingerprint density at radius 2 is 2.06 bits per heavy atom. The highest BCUT2D eigenvalue weighted by atomic mass is 19.1. The van der Waals surface area contributed by atoms with Crippen molar-refractivity contribution in [1.29, 1.82) is 0 Å². The molecule has 0 aromatic heterocycles. The van der Waals surface area contributed by atoms with Gasteiger partial charge in [0.15, 0.2) is 0 Å². The number of likely N-dealkylation sites (tertiary alicyclic amines) is 1. The molecule has 0 aromatic carbocycles. The maximum Gasteiger partial charge on any atom is 0.441 e. The van der Waals surface area contributed by atoms with Crippen molar-refractivity contribution in [3.05, 3.63) is 0 Å². The van der Waals surface area contributed by atoms with Gasteiger partial charge in [0.25, 0.3) is 0 Å². The van der Waals surface area contributed by atoms with Crippen molar-refractivity contribution < 1.29 is 23.6 Å². The molecule has 1 atom stereocenters. The molecule has 18 heavy (non-hydrogen) atoms. The fraction of sp³-hybridized carbons (Fsp3) is 0.818. The summed E-state index contributed by atoms with van der Waals surface area (Å²) in [5, 5.41) is 0. The smallest absolute Gasteiger partial charge is 0.441 e. The number of piperidine rings is 1. The molecule has 0 spiro atoms. The maximum absolute atomic E-state index is 13.1. The van der Waals surface area contributed by atoms with Gasteiger partial charge in [-0.3, -0.25) is 0 Å². The van der Waals surface area contributed by atoms with Crippen LogP contribution in [0, 0.1) is 0 Å². The molecule has 1 aliphatic heterocycles. The van der Waals surface area contributed by atoms with Crippen molar-refractivity contribution >= 4 is 12.2 Å². The predicted octanol–water partition coefficient (Wildman–Crippen LogP) is 2.00. The third-order valence-electron chi connectivity index (χ3n) is 2.24. The molecule has 1 rings (SSSR count). The normalized spacial score (nSPS) is 20.2. The van der Waals surface area contributed by atoms with E-state index in [0.29, 0.717) is 19.4 Å². The molecule has 1 fully saturated rings. The number of halogens is 1. The van der Waals surface area contributed by atoms with Crippen molar-refractivity contribution in [2.24, 2.45) is 0 Å². The van der Waals surface area contributed by atoms with E-state index in [0.717, 1.165) is 0 Å². The summed E-state index contributed by atoms with van der Waals surface area (Å²) in [6, 6.07) is 0. The molecule has 104 valence electrons. The van der Waals surface area contributed by atoms with Crippen LogP contribution >= 0.6 is 0 Å². The molecule has 0 bridgehead atoms. The van der Waals surface area contributed by atoms with Crippen LogP contribution in [0.15, 0.2) is 0 Å². The summed E-state index contributed by atoms with van der Waals surface area (Å²) < 4.78 is 17.9. The SMILES string of the molecule is CC(C)(C)OC(=O)NOC(=O)N1CCCC(F)C1. The molecule has 2 amide bonds. The minimum Gasteiger partial charge on any atom is -0.442 e. The number of carbonyl (C=O) groups excluding carboxylic acids is 2. The number of nitrogens with one attached hydrogen (secondary N) is 1. The number of hydroxylamine groups is 1. The summed E-state index contributed by atoms with van der Waals surface area (Å²) in [4.78, 5) is 28.4. The van der Waals surface area contributed by atoms with Crippen molar-refractivity contribution in [1.82, 2.24) is 10.4 Å². The average Bonchev–Trinajstić information content (AvgIpc) is 2.23. The second kappa shape index (κ2) is 5.88. The minimum atomic E-state index is -1.03. The van der Waals surface area contributed by atoms with E-state index in [2.05, 4.69) is 4.84 Å². The second-order valence-electron chi connectivity index (χ2n) is 5.16. The van der Waals surface area contributed by atoms with Gasteiger partial charge in [-0.05, 0) is 33.6 Å². The highest BCUT2D eigenvalue weighted by Crippen LogP contribution is 2.13. The Hall–Kier alpha value is -1.53. The van der Waals surface area contributed by atoms with Gasteiger partial charge in [-0.2, -0.15) is 0 Å². The van der Waals surface area contributed by atoms with Crippen molar-refractivity contribution in [3.63, 3.8) is 0 Å². The van der Waals surface area contributed by atoms with Gasteiger partial charge in [0.05, 0.1) is 6.54 Å². The molecule has 1 heterocycles. The van der Waals surface area contributed by atoms with Crippen molar-refractivity contribution in [3.8, 4) is 0 Å². The number of nitrogens with zero attached hydrogens (tertiary/aromatic N) is 1. The molecule has 0 aliphatic carbocycles. The molecule has 7 heteroatoms. The van der Waals surface area contributed by atoms with Gasteiger partial charge in [0.1, 0.15) is 11.8 Å². The highest BCUT2D eigenvalue weighted by Gasteiger charge is 2.25. The van der Waals surface area contributed by atoms with Gasteiger partial charge in [-0.15, -0.1) is 5.48 Å². The summed E-state index contributed by atoms with van der Waals surface area (Å²) in [6.45, 7) is 5.48. The van der Waals surface area contributed by atoms with E-state index in [1.807, 2.05) is 5.48 Å². The molecule has 1 saturated heterocycles. The molecular weight excluding hydrogens is 243 g/mol. The molecule has 0 saturated carbocycles. The Morgan fingerprint density at radius 1 is 1.39 bits per heavy atom. The number of rotatable bonds is 0. The van der Waals surface area contributed by atoms with Crippen LogP contribution < -0.4 is 5.48 Å². The van der Waals surface area contributed by atoms with Gasteiger partial charge >= 0.3 is 12.2 Å². The fourth-order valence-electron chi connectivity index (χ4n) is 1.54. The monoisotopic (exact) mass is 262 g/mol. The van der Waals surface area contributed by atoms with Crippen LogP contribution in [0.3, 0.4) is 0 Å². The Bertz CT molecular complexity index is 317. The van der Waals surface area contributed by atoms with Crippen LogP contribution in [0.25, 0.3) is 0 Å². The standard InChI is InChI=1S/C11H19FN2O4/c1-11(2,3)17-9(15)13-18-10(16)14-6-4-5-8(12)7-14/h8H,4-7H2,1-3H3,(H,13,15). The lowest BCUT2D eigenvalue weighted by atomic mass is 10.1. The van der Waals surface area contributed by atoms with Crippen LogP contribution in [0.1, 0.15) is 33.6 Å². The Balaban J connectivity index is 2.30. The number of carbonyl (C=O) groups is 2. The molecule has 1 N–H and O–H groups in total. The molecule has 0 aromatic rings. The first-order chi connectivity index (χ1) is 8.28. The number of hydrogen-bond acceptors (Lipinski definition) is 4. The van der Waals surface area contributed by atoms with Crippen molar-refractivity contribution in [2.45, 2.75) is 45.4 Å². The zero-order valence-corrected chi connectivity index (χ0v) is 10.9. The van der Waals surface area contributed by atoms with E-state index >= 15 is 0 Å². The predicted molar refractivity (Wildman–Crippen MR) is 61.6 cm³/mol. The Morgan fingerprint density at radius 3 is 2.61 bits per heavy atom. The second-order valence-corrected chi connectivity index (χ2v) is 5.16. The Kier molecular flexibility index (Phi) is 4.75. The lowest BCUT2D eigenvalue weighted by molar-refractivity contribution is 0.00168.